The van der Waals surface area contributed by atoms with Crippen LogP contribution < -0.4 is 10.5 Å². The van der Waals surface area contributed by atoms with Gasteiger partial charge < -0.3 is 15.4 Å². The Morgan fingerprint density at radius 1 is 1.09 bits per heavy atom. The van der Waals surface area contributed by atoms with Gasteiger partial charge in [-0.25, -0.2) is 4.98 Å². The Balaban J connectivity index is 1.46. The van der Waals surface area contributed by atoms with Crippen molar-refractivity contribution in [2.24, 2.45) is 17.1 Å². The lowest BCUT2D eigenvalue weighted by molar-refractivity contribution is 0.0715. The standard InChI is InChI=1S/C26H31N3O3/c1-26(2)13-22(19-5-3-4-6-20(19)23(27)30)29(15-26)25(31)21-12-11-18(17-9-10-17)24(28-21)32-14-16-7-8-16/h3-6,11-12,16-17,22H,7-10,13-15H2,1-2H3,(H2,27,30). The molecule has 168 valence electrons. The van der Waals surface area contributed by atoms with Gasteiger partial charge in [-0.15, -0.1) is 0 Å². The van der Waals surface area contributed by atoms with E-state index in [1.165, 1.54) is 12.8 Å². The SMILES string of the molecule is CC1(C)CC(c2ccccc2C(N)=O)N(C(=O)c2ccc(C3CC3)c(OCC3CC3)n2)C1. The smallest absolute Gasteiger partial charge is 0.273 e. The highest BCUT2D eigenvalue weighted by atomic mass is 16.5. The van der Waals surface area contributed by atoms with Crippen molar-refractivity contribution < 1.29 is 14.3 Å². The summed E-state index contributed by atoms with van der Waals surface area (Å²) in [5, 5.41) is 0. The number of carbonyl (C=O) groups excluding carboxylic acids is 2. The molecule has 6 nitrogen and oxygen atoms in total. The van der Waals surface area contributed by atoms with Crippen LogP contribution in [0.4, 0.5) is 0 Å². The molecule has 2 aromatic rings. The number of amides is 2. The second-order valence-corrected chi connectivity index (χ2v) is 10.4. The number of aromatic nitrogens is 1. The second-order valence-electron chi connectivity index (χ2n) is 10.4. The van der Waals surface area contributed by atoms with Gasteiger partial charge in [-0.05, 0) is 67.1 Å². The molecule has 3 fully saturated rings. The number of hydrogen-bond acceptors (Lipinski definition) is 4. The third kappa shape index (κ3) is 4.23. The summed E-state index contributed by atoms with van der Waals surface area (Å²) >= 11 is 0. The predicted molar refractivity (Wildman–Crippen MR) is 122 cm³/mol. The zero-order valence-electron chi connectivity index (χ0n) is 18.8. The zero-order valence-corrected chi connectivity index (χ0v) is 18.8. The minimum absolute atomic E-state index is 0.0790. The summed E-state index contributed by atoms with van der Waals surface area (Å²) in [4.78, 5) is 32.3. The highest BCUT2D eigenvalue weighted by Crippen LogP contribution is 2.46. The minimum Gasteiger partial charge on any atom is -0.477 e. The lowest BCUT2D eigenvalue weighted by Crippen LogP contribution is -2.33. The Labute approximate surface area is 189 Å². The van der Waals surface area contributed by atoms with Crippen molar-refractivity contribution in [3.05, 3.63) is 58.8 Å². The normalized spacial score (nSPS) is 22.1. The Morgan fingerprint density at radius 2 is 1.84 bits per heavy atom. The van der Waals surface area contributed by atoms with Gasteiger partial charge in [-0.3, -0.25) is 9.59 Å². The van der Waals surface area contributed by atoms with Crippen molar-refractivity contribution >= 4 is 11.8 Å². The summed E-state index contributed by atoms with van der Waals surface area (Å²) in [7, 11) is 0. The quantitative estimate of drug-likeness (QED) is 0.699. The molecule has 2 N–H and O–H groups in total. The molecule has 2 saturated carbocycles. The maximum atomic E-state index is 13.7. The average molecular weight is 434 g/mol. The molecule has 6 heteroatoms. The van der Waals surface area contributed by atoms with Crippen molar-refractivity contribution in [1.82, 2.24) is 9.88 Å². The molecule has 1 aliphatic heterocycles. The van der Waals surface area contributed by atoms with E-state index >= 15 is 0 Å². The Morgan fingerprint density at radius 3 is 2.53 bits per heavy atom. The van der Waals surface area contributed by atoms with Crippen LogP contribution in [0.3, 0.4) is 0 Å². The highest BCUT2D eigenvalue weighted by Gasteiger charge is 2.42. The molecule has 5 rings (SSSR count). The van der Waals surface area contributed by atoms with Crippen LogP contribution >= 0.6 is 0 Å². The summed E-state index contributed by atoms with van der Waals surface area (Å²) in [6.07, 6.45) is 5.48. The van der Waals surface area contributed by atoms with Gasteiger partial charge in [0.15, 0.2) is 0 Å². The van der Waals surface area contributed by atoms with E-state index in [4.69, 9.17) is 15.5 Å². The Bertz CT molecular complexity index is 1060. The molecule has 1 aromatic carbocycles. The van der Waals surface area contributed by atoms with Gasteiger partial charge in [-0.1, -0.05) is 38.1 Å². The number of primary amides is 1. The van der Waals surface area contributed by atoms with E-state index in [9.17, 15) is 9.59 Å². The number of nitrogens with two attached hydrogens (primary N) is 1. The van der Waals surface area contributed by atoms with Crippen LogP contribution in [0.25, 0.3) is 0 Å². The lowest BCUT2D eigenvalue weighted by Gasteiger charge is -2.26. The van der Waals surface area contributed by atoms with Crippen molar-refractivity contribution in [3.63, 3.8) is 0 Å². The fourth-order valence-electron chi connectivity index (χ4n) is 4.79. The predicted octanol–water partition coefficient (Wildman–Crippen LogP) is 4.46. The van der Waals surface area contributed by atoms with Crippen molar-refractivity contribution in [2.45, 2.75) is 57.9 Å². The van der Waals surface area contributed by atoms with Crippen molar-refractivity contribution in [3.8, 4) is 5.88 Å². The van der Waals surface area contributed by atoms with E-state index in [0.29, 0.717) is 42.1 Å². The maximum Gasteiger partial charge on any atom is 0.273 e. The van der Waals surface area contributed by atoms with Gasteiger partial charge in [-0.2, -0.15) is 0 Å². The van der Waals surface area contributed by atoms with Crippen molar-refractivity contribution in [1.29, 1.82) is 0 Å². The van der Waals surface area contributed by atoms with E-state index in [2.05, 4.69) is 13.8 Å². The second kappa shape index (κ2) is 7.91. The van der Waals surface area contributed by atoms with Gasteiger partial charge in [0.1, 0.15) is 5.69 Å². The number of benzene rings is 1. The number of pyridine rings is 1. The number of hydrogen-bond donors (Lipinski definition) is 1. The Kier molecular flexibility index (Phi) is 5.19. The van der Waals surface area contributed by atoms with E-state index in [1.807, 2.05) is 29.2 Å². The summed E-state index contributed by atoms with van der Waals surface area (Å²) < 4.78 is 6.08. The monoisotopic (exact) mass is 433 g/mol. The summed E-state index contributed by atoms with van der Waals surface area (Å²) in [5.74, 6) is 1.15. The third-order valence-electron chi connectivity index (χ3n) is 6.85. The van der Waals surface area contributed by atoms with E-state index in [1.54, 1.807) is 12.1 Å². The van der Waals surface area contributed by atoms with E-state index in [0.717, 1.165) is 30.4 Å². The molecule has 2 aliphatic carbocycles. The molecule has 1 aromatic heterocycles. The fourth-order valence-corrected chi connectivity index (χ4v) is 4.79. The molecule has 2 amide bonds. The number of nitrogens with zero attached hydrogens (tertiary/aromatic N) is 2. The average Bonchev–Trinajstić information content (AvgIpc) is 3.69. The lowest BCUT2D eigenvalue weighted by atomic mass is 9.87. The summed E-state index contributed by atoms with van der Waals surface area (Å²) in [5.41, 5.74) is 8.37. The first-order chi connectivity index (χ1) is 15.3. The molecule has 0 bridgehead atoms. The van der Waals surface area contributed by atoms with E-state index < -0.39 is 5.91 Å². The molecule has 0 spiro atoms. The van der Waals surface area contributed by atoms with Gasteiger partial charge in [0, 0.05) is 17.7 Å². The van der Waals surface area contributed by atoms with Crippen LogP contribution in [-0.4, -0.2) is 34.8 Å². The van der Waals surface area contributed by atoms with Crippen LogP contribution in [0.2, 0.25) is 0 Å². The molecule has 3 aliphatic rings. The molecule has 32 heavy (non-hydrogen) atoms. The zero-order chi connectivity index (χ0) is 22.5. The van der Waals surface area contributed by atoms with Gasteiger partial charge in [0.25, 0.3) is 5.91 Å². The third-order valence-corrected chi connectivity index (χ3v) is 6.85. The van der Waals surface area contributed by atoms with Crippen LogP contribution in [0, 0.1) is 11.3 Å². The first kappa shape index (κ1) is 21.0. The maximum absolute atomic E-state index is 13.7. The molecule has 2 heterocycles. The largest absolute Gasteiger partial charge is 0.477 e. The topological polar surface area (TPSA) is 85.5 Å². The fraction of sp³-hybridized carbons (Fsp3) is 0.500. The van der Waals surface area contributed by atoms with Gasteiger partial charge in [0.05, 0.1) is 12.6 Å². The van der Waals surface area contributed by atoms with Crippen LogP contribution in [0.5, 0.6) is 5.88 Å². The summed E-state index contributed by atoms with van der Waals surface area (Å²) in [6, 6.07) is 11.0. The molecule has 0 radical (unpaired) electrons. The Hall–Kier alpha value is -2.89. The highest BCUT2D eigenvalue weighted by molar-refractivity contribution is 5.96. The first-order valence-electron chi connectivity index (χ1n) is 11.7. The van der Waals surface area contributed by atoms with Crippen LogP contribution in [0.1, 0.15) is 89.9 Å². The van der Waals surface area contributed by atoms with E-state index in [-0.39, 0.29) is 17.4 Å². The molecule has 1 atom stereocenters. The number of rotatable bonds is 7. The van der Waals surface area contributed by atoms with Crippen molar-refractivity contribution in [2.75, 3.05) is 13.2 Å². The molecular formula is C26H31N3O3. The van der Waals surface area contributed by atoms with Gasteiger partial charge in [0.2, 0.25) is 11.8 Å². The summed E-state index contributed by atoms with van der Waals surface area (Å²) in [6.45, 7) is 5.56. The van der Waals surface area contributed by atoms with Crippen LogP contribution in [-0.2, 0) is 0 Å². The number of likely N-dealkylation sites (tertiary alicyclic amines) is 1. The molecule has 1 unspecified atom stereocenters. The van der Waals surface area contributed by atoms with Gasteiger partial charge >= 0.3 is 0 Å². The molecule has 1 saturated heterocycles. The minimum atomic E-state index is -0.472. The molecular weight excluding hydrogens is 402 g/mol. The number of ether oxygens (including phenoxy) is 1. The first-order valence-corrected chi connectivity index (χ1v) is 11.7. The number of carbonyl (C=O) groups is 2. The van der Waals surface area contributed by atoms with Crippen LogP contribution in [0.15, 0.2) is 36.4 Å².